The number of sulfonamides is 1. The molecule has 0 saturated carbocycles. The first-order valence-corrected chi connectivity index (χ1v) is 8.66. The third-order valence-electron chi connectivity index (χ3n) is 3.75. The summed E-state index contributed by atoms with van der Waals surface area (Å²) in [5, 5.41) is 1.84. The van der Waals surface area contributed by atoms with E-state index in [0.717, 1.165) is 30.6 Å². The molecule has 0 aromatic heterocycles. The van der Waals surface area contributed by atoms with Crippen molar-refractivity contribution >= 4 is 15.9 Å². The molecule has 2 rings (SSSR count). The lowest BCUT2D eigenvalue weighted by Gasteiger charge is -2.32. The highest BCUT2D eigenvalue weighted by Crippen LogP contribution is 2.16. The third kappa shape index (κ3) is 4.27. The Labute approximate surface area is 136 Å². The van der Waals surface area contributed by atoms with Crippen molar-refractivity contribution in [3.05, 3.63) is 29.8 Å². The fraction of sp³-hybridized carbons (Fsp3) is 0.500. The van der Waals surface area contributed by atoms with Crippen LogP contribution < -0.4 is 5.43 Å². The molecule has 8 nitrogen and oxygen atoms in total. The predicted molar refractivity (Wildman–Crippen MR) is 84.9 cm³/mol. The van der Waals surface area contributed by atoms with Crippen molar-refractivity contribution in [3.63, 3.8) is 0 Å². The van der Waals surface area contributed by atoms with Gasteiger partial charge in [-0.2, -0.15) is 0 Å². The molecule has 0 bridgehead atoms. The molecule has 1 amide bonds. The van der Waals surface area contributed by atoms with Crippen molar-refractivity contribution in [1.82, 2.24) is 19.8 Å². The standard InChI is InChI=1S/C14H22N4O4S/c1-16-7-9-18(10-8-16)15-14(19)12-5-4-6-13(11-12)23(20,21)17(2)22-3/h4-6,11H,7-10H2,1-3H3,(H,15,19). The maximum atomic E-state index is 12.3. The van der Waals surface area contributed by atoms with Crippen LogP contribution in [-0.4, -0.2) is 76.1 Å². The van der Waals surface area contributed by atoms with Crippen LogP contribution >= 0.6 is 0 Å². The molecule has 1 aromatic carbocycles. The molecule has 128 valence electrons. The lowest BCUT2D eigenvalue weighted by molar-refractivity contribution is -0.0258. The van der Waals surface area contributed by atoms with Gasteiger partial charge in [0, 0.05) is 38.8 Å². The number of nitrogens with one attached hydrogen (secondary N) is 1. The second-order valence-corrected chi connectivity index (χ2v) is 7.29. The van der Waals surface area contributed by atoms with Gasteiger partial charge in [0.15, 0.2) is 0 Å². The molecule has 9 heteroatoms. The number of carbonyl (C=O) groups excluding carboxylic acids is 1. The summed E-state index contributed by atoms with van der Waals surface area (Å²) in [6.45, 7) is 3.19. The SMILES string of the molecule is CON(C)S(=O)(=O)c1cccc(C(=O)NN2CCN(C)CC2)c1. The van der Waals surface area contributed by atoms with E-state index in [1.807, 2.05) is 12.1 Å². The molecule has 23 heavy (non-hydrogen) atoms. The van der Waals surface area contributed by atoms with Crippen LogP contribution in [0.25, 0.3) is 0 Å². The number of hydrogen-bond donors (Lipinski definition) is 1. The van der Waals surface area contributed by atoms with E-state index in [-0.39, 0.29) is 16.4 Å². The number of hydrogen-bond acceptors (Lipinski definition) is 6. The molecule has 1 N–H and O–H groups in total. The van der Waals surface area contributed by atoms with Crippen LogP contribution in [0.1, 0.15) is 10.4 Å². The van der Waals surface area contributed by atoms with Crippen molar-refractivity contribution in [2.45, 2.75) is 4.90 Å². The Morgan fingerprint density at radius 2 is 1.91 bits per heavy atom. The van der Waals surface area contributed by atoms with Crippen LogP contribution in [0.4, 0.5) is 0 Å². The van der Waals surface area contributed by atoms with E-state index in [4.69, 9.17) is 4.84 Å². The number of piperazine rings is 1. The van der Waals surface area contributed by atoms with Gasteiger partial charge >= 0.3 is 0 Å². The maximum Gasteiger partial charge on any atom is 0.265 e. The quantitative estimate of drug-likeness (QED) is 0.744. The second-order valence-electron chi connectivity index (χ2n) is 5.36. The Balaban J connectivity index is 2.12. The van der Waals surface area contributed by atoms with Gasteiger partial charge in [0.1, 0.15) is 0 Å². The average Bonchev–Trinajstić information content (AvgIpc) is 2.56. The largest absolute Gasteiger partial charge is 0.304 e. The highest BCUT2D eigenvalue weighted by molar-refractivity contribution is 7.89. The number of amides is 1. The summed E-state index contributed by atoms with van der Waals surface area (Å²) in [4.78, 5) is 19.2. The Hall–Kier alpha value is -1.52. The van der Waals surface area contributed by atoms with Crippen molar-refractivity contribution in [3.8, 4) is 0 Å². The molecule has 0 unspecified atom stereocenters. The average molecular weight is 342 g/mol. The zero-order valence-electron chi connectivity index (χ0n) is 13.5. The van der Waals surface area contributed by atoms with E-state index in [0.29, 0.717) is 0 Å². The number of carbonyl (C=O) groups is 1. The van der Waals surface area contributed by atoms with Gasteiger partial charge in [0.05, 0.1) is 12.0 Å². The molecule has 1 heterocycles. The highest BCUT2D eigenvalue weighted by atomic mass is 32.2. The van der Waals surface area contributed by atoms with Crippen molar-refractivity contribution in [2.24, 2.45) is 0 Å². The number of benzene rings is 1. The summed E-state index contributed by atoms with van der Waals surface area (Å²) in [5.74, 6) is -0.327. The number of likely N-dealkylation sites (N-methyl/N-ethyl adjacent to an activating group) is 1. The molecule has 1 aliphatic heterocycles. The molecule has 0 atom stereocenters. The van der Waals surface area contributed by atoms with Gasteiger partial charge in [-0.05, 0) is 25.2 Å². The van der Waals surface area contributed by atoms with Gasteiger partial charge in [0.25, 0.3) is 15.9 Å². The molecule has 1 aromatic rings. The zero-order valence-corrected chi connectivity index (χ0v) is 14.3. The minimum atomic E-state index is -3.77. The topological polar surface area (TPSA) is 82.2 Å². The van der Waals surface area contributed by atoms with Crippen LogP contribution in [0.15, 0.2) is 29.2 Å². The van der Waals surface area contributed by atoms with Crippen LogP contribution in [-0.2, 0) is 14.9 Å². The maximum absolute atomic E-state index is 12.3. The Morgan fingerprint density at radius 1 is 1.26 bits per heavy atom. The lowest BCUT2D eigenvalue weighted by Crippen LogP contribution is -2.52. The van der Waals surface area contributed by atoms with Crippen molar-refractivity contribution < 1.29 is 18.0 Å². The smallest absolute Gasteiger partial charge is 0.265 e. The third-order valence-corrected chi connectivity index (χ3v) is 5.43. The van der Waals surface area contributed by atoms with E-state index in [1.54, 1.807) is 6.07 Å². The number of rotatable bonds is 5. The normalized spacial score (nSPS) is 17.4. The lowest BCUT2D eigenvalue weighted by atomic mass is 10.2. The van der Waals surface area contributed by atoms with Gasteiger partial charge in [-0.15, -0.1) is 0 Å². The molecule has 0 spiro atoms. The summed E-state index contributed by atoms with van der Waals surface area (Å²) in [5.41, 5.74) is 3.09. The Bertz CT molecular complexity index is 656. The zero-order chi connectivity index (χ0) is 17.0. The number of nitrogens with zero attached hydrogens (tertiary/aromatic N) is 3. The van der Waals surface area contributed by atoms with E-state index >= 15 is 0 Å². The molecule has 1 aliphatic rings. The summed E-state index contributed by atoms with van der Waals surface area (Å²) in [7, 11) is 0.816. The van der Waals surface area contributed by atoms with E-state index < -0.39 is 10.0 Å². The molecule has 1 fully saturated rings. The fourth-order valence-electron chi connectivity index (χ4n) is 2.17. The Morgan fingerprint density at radius 3 is 2.52 bits per heavy atom. The first-order chi connectivity index (χ1) is 10.8. The number of hydrazine groups is 1. The summed E-state index contributed by atoms with van der Waals surface area (Å²) in [6, 6.07) is 5.89. The number of hydroxylamine groups is 1. The molecular weight excluding hydrogens is 320 g/mol. The van der Waals surface area contributed by atoms with Crippen LogP contribution in [0, 0.1) is 0 Å². The minimum Gasteiger partial charge on any atom is -0.304 e. The highest BCUT2D eigenvalue weighted by Gasteiger charge is 2.22. The Kier molecular flexibility index (Phi) is 5.71. The van der Waals surface area contributed by atoms with Gasteiger partial charge in [-0.3, -0.25) is 15.1 Å². The fourth-order valence-corrected chi connectivity index (χ4v) is 3.19. The summed E-state index contributed by atoms with van der Waals surface area (Å²) >= 11 is 0. The van der Waals surface area contributed by atoms with Gasteiger partial charge < -0.3 is 4.90 Å². The van der Waals surface area contributed by atoms with E-state index in [9.17, 15) is 13.2 Å². The second kappa shape index (κ2) is 7.37. The first kappa shape index (κ1) is 17.8. The first-order valence-electron chi connectivity index (χ1n) is 7.22. The summed E-state index contributed by atoms with van der Waals surface area (Å²) in [6.07, 6.45) is 0. The van der Waals surface area contributed by atoms with Crippen molar-refractivity contribution in [1.29, 1.82) is 0 Å². The molecule has 0 aliphatic carbocycles. The van der Waals surface area contributed by atoms with Gasteiger partial charge in [-0.25, -0.2) is 13.4 Å². The molecule has 1 saturated heterocycles. The summed E-state index contributed by atoms with van der Waals surface area (Å²) < 4.78 is 25.2. The van der Waals surface area contributed by atoms with Crippen LogP contribution in [0.5, 0.6) is 0 Å². The van der Waals surface area contributed by atoms with Crippen LogP contribution in [0.3, 0.4) is 0 Å². The minimum absolute atomic E-state index is 0.00729. The van der Waals surface area contributed by atoms with Gasteiger partial charge in [0.2, 0.25) is 0 Å². The monoisotopic (exact) mass is 342 g/mol. The van der Waals surface area contributed by atoms with Crippen molar-refractivity contribution in [2.75, 3.05) is 47.4 Å². The van der Waals surface area contributed by atoms with E-state index in [1.165, 1.54) is 32.4 Å². The van der Waals surface area contributed by atoms with E-state index in [2.05, 4.69) is 10.3 Å². The van der Waals surface area contributed by atoms with Gasteiger partial charge in [-0.1, -0.05) is 10.5 Å². The predicted octanol–water partition coefficient (Wildman–Crippen LogP) is -0.239. The molecular formula is C14H22N4O4S. The molecule has 0 radical (unpaired) electrons. The van der Waals surface area contributed by atoms with Crippen LogP contribution in [0.2, 0.25) is 0 Å².